The van der Waals surface area contributed by atoms with Crippen LogP contribution in [0.4, 0.5) is 5.69 Å². The minimum atomic E-state index is -1.16. The Labute approximate surface area is 224 Å². The summed E-state index contributed by atoms with van der Waals surface area (Å²) in [7, 11) is 1.57. The van der Waals surface area contributed by atoms with Gasteiger partial charge in [0.15, 0.2) is 0 Å². The molecule has 9 nitrogen and oxygen atoms in total. The zero-order valence-electron chi connectivity index (χ0n) is 22.5. The number of carbonyl (C=O) groups excluding carboxylic acids is 3. The standard InChI is InChI=1S/C29H39N3O6/c1-18(2)37-16-8-15-32-25(27(34)30-19-9-5-4-6-10-19)29-14-13-22(38-29)23(24(29)28(32)35)26(33)31-20-11-7-12-21(17-20)36-3/h7,11-14,17-19,22-25H,4-6,8-10,15-16H2,1-3H3,(H,30,34)(H,31,33)/t22-,23+,24-,25-,29-/m1/s1. The van der Waals surface area contributed by atoms with Crippen LogP contribution in [0.5, 0.6) is 5.75 Å². The summed E-state index contributed by atoms with van der Waals surface area (Å²) in [6.45, 7) is 4.77. The van der Waals surface area contributed by atoms with Crippen molar-refractivity contribution in [3.63, 3.8) is 0 Å². The average Bonchev–Trinajstić information content (AvgIpc) is 3.54. The number of fused-ring (bicyclic) bond motifs is 1. The van der Waals surface area contributed by atoms with Crippen molar-refractivity contribution in [3.05, 3.63) is 36.4 Å². The Kier molecular flexibility index (Phi) is 7.77. The van der Waals surface area contributed by atoms with E-state index in [0.29, 0.717) is 31.0 Å². The van der Waals surface area contributed by atoms with Crippen LogP contribution in [0.3, 0.4) is 0 Å². The Morgan fingerprint density at radius 3 is 2.71 bits per heavy atom. The molecule has 5 rings (SSSR count). The number of carbonyl (C=O) groups is 3. The van der Waals surface area contributed by atoms with E-state index in [1.54, 1.807) is 36.3 Å². The fraction of sp³-hybridized carbons (Fsp3) is 0.621. The lowest BCUT2D eigenvalue weighted by molar-refractivity contribution is -0.141. The first kappa shape index (κ1) is 26.7. The largest absolute Gasteiger partial charge is 0.497 e. The van der Waals surface area contributed by atoms with Crippen LogP contribution in [0.15, 0.2) is 36.4 Å². The number of nitrogens with zero attached hydrogens (tertiary/aromatic N) is 1. The quantitative estimate of drug-likeness (QED) is 0.359. The van der Waals surface area contributed by atoms with Crippen molar-refractivity contribution < 1.29 is 28.6 Å². The summed E-state index contributed by atoms with van der Waals surface area (Å²) < 4.78 is 17.4. The van der Waals surface area contributed by atoms with Crippen LogP contribution < -0.4 is 15.4 Å². The number of amides is 3. The van der Waals surface area contributed by atoms with Gasteiger partial charge in [-0.1, -0.05) is 37.5 Å². The number of likely N-dealkylation sites (tertiary alicyclic amines) is 1. The lowest BCUT2D eigenvalue weighted by atomic mass is 9.74. The molecule has 3 amide bonds. The van der Waals surface area contributed by atoms with Gasteiger partial charge in [-0.2, -0.15) is 0 Å². The fourth-order valence-corrected chi connectivity index (χ4v) is 6.52. The number of anilines is 1. The lowest BCUT2D eigenvalue weighted by Crippen LogP contribution is -2.56. The van der Waals surface area contributed by atoms with Gasteiger partial charge in [0, 0.05) is 30.9 Å². The van der Waals surface area contributed by atoms with Crippen LogP contribution >= 0.6 is 0 Å². The van der Waals surface area contributed by atoms with E-state index in [-0.39, 0.29) is 29.9 Å². The number of benzene rings is 1. The minimum absolute atomic E-state index is 0.0826. The molecule has 2 bridgehead atoms. The summed E-state index contributed by atoms with van der Waals surface area (Å²) >= 11 is 0. The monoisotopic (exact) mass is 525 g/mol. The molecule has 1 aromatic carbocycles. The molecule has 4 aliphatic rings. The molecule has 206 valence electrons. The van der Waals surface area contributed by atoms with E-state index < -0.39 is 29.6 Å². The highest BCUT2D eigenvalue weighted by molar-refractivity contribution is 6.02. The first-order chi connectivity index (χ1) is 18.3. The summed E-state index contributed by atoms with van der Waals surface area (Å²) in [5.74, 6) is -1.59. The van der Waals surface area contributed by atoms with Crippen molar-refractivity contribution in [3.8, 4) is 5.75 Å². The smallest absolute Gasteiger partial charge is 0.246 e. The summed E-state index contributed by atoms with van der Waals surface area (Å²) in [5.41, 5.74) is -0.578. The summed E-state index contributed by atoms with van der Waals surface area (Å²) in [6.07, 6.45) is 9.04. The van der Waals surface area contributed by atoms with Gasteiger partial charge < -0.3 is 29.7 Å². The lowest BCUT2D eigenvalue weighted by Gasteiger charge is -2.34. The van der Waals surface area contributed by atoms with Crippen LogP contribution in [0.25, 0.3) is 0 Å². The minimum Gasteiger partial charge on any atom is -0.497 e. The van der Waals surface area contributed by atoms with E-state index in [2.05, 4.69) is 10.6 Å². The van der Waals surface area contributed by atoms with Gasteiger partial charge in [-0.25, -0.2) is 0 Å². The number of rotatable bonds is 10. The SMILES string of the molecule is COc1cccc(NC(=O)[C@H]2[C@H]3C=C[C@@]4(O3)[C@H]2C(=O)N(CCCOC(C)C)[C@@H]4C(=O)NC2CCCCC2)c1. The molecule has 9 heteroatoms. The second kappa shape index (κ2) is 11.1. The van der Waals surface area contributed by atoms with Gasteiger partial charge >= 0.3 is 0 Å². The number of ether oxygens (including phenoxy) is 3. The van der Waals surface area contributed by atoms with Crippen LogP contribution in [0.2, 0.25) is 0 Å². The van der Waals surface area contributed by atoms with Crippen molar-refractivity contribution in [2.45, 2.75) is 82.3 Å². The Morgan fingerprint density at radius 2 is 1.97 bits per heavy atom. The molecule has 3 fully saturated rings. The molecule has 5 atom stereocenters. The molecule has 2 saturated heterocycles. The zero-order valence-corrected chi connectivity index (χ0v) is 22.5. The van der Waals surface area contributed by atoms with E-state index in [1.807, 2.05) is 26.0 Å². The van der Waals surface area contributed by atoms with Crippen molar-refractivity contribution in [1.29, 1.82) is 0 Å². The molecular weight excluding hydrogens is 486 g/mol. The van der Waals surface area contributed by atoms with Crippen LogP contribution in [0, 0.1) is 11.8 Å². The number of nitrogens with one attached hydrogen (secondary N) is 2. The molecule has 1 aromatic rings. The highest BCUT2D eigenvalue weighted by atomic mass is 16.5. The molecule has 1 saturated carbocycles. The topological polar surface area (TPSA) is 106 Å². The number of methoxy groups -OCH3 is 1. The van der Waals surface area contributed by atoms with Gasteiger partial charge in [0.25, 0.3) is 0 Å². The van der Waals surface area contributed by atoms with E-state index in [1.165, 1.54) is 6.42 Å². The van der Waals surface area contributed by atoms with Crippen molar-refractivity contribution >= 4 is 23.4 Å². The summed E-state index contributed by atoms with van der Waals surface area (Å²) in [5, 5.41) is 6.15. The van der Waals surface area contributed by atoms with Crippen molar-refractivity contribution in [2.24, 2.45) is 11.8 Å². The molecule has 0 aromatic heterocycles. The van der Waals surface area contributed by atoms with Crippen LogP contribution in [-0.4, -0.2) is 72.8 Å². The van der Waals surface area contributed by atoms with E-state index in [4.69, 9.17) is 14.2 Å². The predicted molar refractivity (Wildman–Crippen MR) is 142 cm³/mol. The van der Waals surface area contributed by atoms with Gasteiger partial charge in [-0.05, 0) is 45.2 Å². The number of hydrogen-bond donors (Lipinski definition) is 2. The van der Waals surface area contributed by atoms with E-state index in [0.717, 1.165) is 25.7 Å². The highest BCUT2D eigenvalue weighted by Gasteiger charge is 2.72. The van der Waals surface area contributed by atoms with E-state index >= 15 is 0 Å². The highest BCUT2D eigenvalue weighted by Crippen LogP contribution is 2.55. The molecule has 3 heterocycles. The van der Waals surface area contributed by atoms with Gasteiger partial charge in [-0.15, -0.1) is 0 Å². The normalized spacial score (nSPS) is 30.1. The molecule has 3 aliphatic heterocycles. The Balaban J connectivity index is 1.39. The molecular formula is C29H39N3O6. The third-order valence-corrected chi connectivity index (χ3v) is 8.21. The Hall–Kier alpha value is -2.91. The van der Waals surface area contributed by atoms with Crippen LogP contribution in [-0.2, 0) is 23.9 Å². The molecule has 38 heavy (non-hydrogen) atoms. The third kappa shape index (κ3) is 4.94. The van der Waals surface area contributed by atoms with Crippen molar-refractivity contribution in [2.75, 3.05) is 25.6 Å². The average molecular weight is 526 g/mol. The van der Waals surface area contributed by atoms with Gasteiger partial charge in [0.1, 0.15) is 17.4 Å². The fourth-order valence-electron chi connectivity index (χ4n) is 6.52. The van der Waals surface area contributed by atoms with Crippen LogP contribution in [0.1, 0.15) is 52.4 Å². The molecule has 1 spiro atoms. The maximum Gasteiger partial charge on any atom is 0.246 e. The third-order valence-electron chi connectivity index (χ3n) is 8.21. The van der Waals surface area contributed by atoms with E-state index in [9.17, 15) is 14.4 Å². The Morgan fingerprint density at radius 1 is 1.18 bits per heavy atom. The second-order valence-corrected chi connectivity index (χ2v) is 11.1. The summed E-state index contributed by atoms with van der Waals surface area (Å²) in [4.78, 5) is 43.0. The van der Waals surface area contributed by atoms with Crippen molar-refractivity contribution in [1.82, 2.24) is 10.2 Å². The van der Waals surface area contributed by atoms with Gasteiger partial charge in [-0.3, -0.25) is 14.4 Å². The zero-order chi connectivity index (χ0) is 26.9. The van der Waals surface area contributed by atoms with Gasteiger partial charge in [0.05, 0.1) is 31.2 Å². The first-order valence-corrected chi connectivity index (χ1v) is 13.9. The molecule has 1 aliphatic carbocycles. The molecule has 2 N–H and O–H groups in total. The second-order valence-electron chi connectivity index (χ2n) is 11.1. The Bertz CT molecular complexity index is 1080. The number of hydrogen-bond acceptors (Lipinski definition) is 6. The predicted octanol–water partition coefficient (Wildman–Crippen LogP) is 3.05. The first-order valence-electron chi connectivity index (χ1n) is 13.9. The maximum atomic E-state index is 14.0. The molecule has 0 unspecified atom stereocenters. The molecule has 0 radical (unpaired) electrons. The summed E-state index contributed by atoms with van der Waals surface area (Å²) in [6, 6.07) is 6.37. The van der Waals surface area contributed by atoms with Gasteiger partial charge in [0.2, 0.25) is 17.7 Å². The maximum absolute atomic E-state index is 14.0.